The summed E-state index contributed by atoms with van der Waals surface area (Å²) >= 11 is 0. The van der Waals surface area contributed by atoms with E-state index >= 15 is 0 Å². The minimum absolute atomic E-state index is 0. The van der Waals surface area contributed by atoms with Crippen LogP contribution in [0.1, 0.15) is 6.92 Å². The van der Waals surface area contributed by atoms with Gasteiger partial charge in [0.1, 0.15) is 0 Å². The van der Waals surface area contributed by atoms with Crippen LogP contribution in [-0.4, -0.2) is 11.7 Å². The van der Waals surface area contributed by atoms with Gasteiger partial charge >= 0.3 is 0 Å². The topological polar surface area (TPSA) is 20.2 Å². The number of aliphatic hydroxyl groups is 1. The van der Waals surface area contributed by atoms with Crippen molar-refractivity contribution in [1.29, 1.82) is 0 Å². The van der Waals surface area contributed by atoms with Gasteiger partial charge in [-0.1, -0.05) is 0 Å². The van der Waals surface area contributed by atoms with Crippen LogP contribution in [-0.2, 0) is 44.8 Å². The van der Waals surface area contributed by atoms with E-state index in [1.165, 1.54) is 0 Å². The summed E-state index contributed by atoms with van der Waals surface area (Å²) in [5, 5.41) is 7.57. The first-order chi connectivity index (χ1) is 1.41. The van der Waals surface area contributed by atoms with Crippen molar-refractivity contribution in [3.05, 3.63) is 0 Å². The van der Waals surface area contributed by atoms with E-state index in [0.717, 1.165) is 0 Å². The monoisotopic (exact) mass is 408 g/mol. The first-order valence-electron chi connectivity index (χ1n) is 1.02. The Kier molecular flexibility index (Phi) is 58.0. The summed E-state index contributed by atoms with van der Waals surface area (Å²) in [5.74, 6) is 0. The smallest absolute Gasteiger partial charge is 0.0402 e. The summed E-state index contributed by atoms with van der Waals surface area (Å²) in [4.78, 5) is 0. The molecule has 0 heterocycles. The molecule has 0 saturated heterocycles. The second kappa shape index (κ2) is 18.0. The largest absolute Gasteiger partial charge is 0.397 e. The number of hydrogen-bond acceptors (Lipinski definition) is 1. The molecule has 0 amide bonds. The molecule has 0 aliphatic rings. The molecule has 0 aliphatic heterocycles. The Hall–Kier alpha value is 1.44. The summed E-state index contributed by atoms with van der Waals surface area (Å²) in [5.41, 5.74) is 0. The number of hydrogen-bond donors (Lipinski definition) is 1. The van der Waals surface area contributed by atoms with E-state index in [-0.39, 0.29) is 51.4 Å². The Morgan fingerprint density at radius 2 is 1.40 bits per heavy atom. The summed E-state index contributed by atoms with van der Waals surface area (Å²) in [7, 11) is 0. The van der Waals surface area contributed by atoms with Crippen LogP contribution < -0.4 is 0 Å². The van der Waals surface area contributed by atoms with Crippen LogP contribution in [0, 0.1) is 0 Å². The van der Waals surface area contributed by atoms with E-state index in [0.29, 0.717) is 0 Å². The third kappa shape index (κ3) is 31.0. The Morgan fingerprint density at radius 1 is 1.40 bits per heavy atom. The van der Waals surface area contributed by atoms with Crippen LogP contribution >= 0.6 is 0 Å². The zero-order chi connectivity index (χ0) is 2.71. The van der Waals surface area contributed by atoms with Crippen LogP contribution in [0.2, 0.25) is 0 Å². The maximum absolute atomic E-state index is 7.57. The number of aliphatic hydroxyl groups excluding tert-OH is 1. The fraction of sp³-hybridized carbons (Fsp3) is 1.00. The molecule has 0 fully saturated rings. The van der Waals surface area contributed by atoms with Crippen molar-refractivity contribution in [2.45, 2.75) is 6.92 Å². The molecule has 0 atom stereocenters. The molecule has 0 aromatic heterocycles. The number of rotatable bonds is 0. The fourth-order valence-electron chi connectivity index (χ4n) is 0. The van der Waals surface area contributed by atoms with Gasteiger partial charge in [-0.2, -0.15) is 0 Å². The van der Waals surface area contributed by atoms with Crippen molar-refractivity contribution in [3.8, 4) is 0 Å². The van der Waals surface area contributed by atoms with Crippen LogP contribution in [0.4, 0.5) is 0 Å². The quantitative estimate of drug-likeness (QED) is 0.599. The van der Waals surface area contributed by atoms with Crippen LogP contribution in [0.3, 0.4) is 0 Å². The van der Waals surface area contributed by atoms with Gasteiger partial charge in [-0.3, -0.25) is 0 Å². The van der Waals surface area contributed by atoms with Crippen molar-refractivity contribution in [1.82, 2.24) is 0 Å². The van der Waals surface area contributed by atoms with E-state index in [1.54, 1.807) is 6.92 Å². The molecule has 0 aliphatic carbocycles. The summed E-state index contributed by atoms with van der Waals surface area (Å²) in [6.07, 6.45) is 0. The maximum Gasteiger partial charge on any atom is 0.0402 e. The molecule has 3 heteroatoms. The van der Waals surface area contributed by atoms with E-state index < -0.39 is 0 Å². The zero-order valence-electron chi connectivity index (χ0n) is 3.05. The molecule has 0 bridgehead atoms. The zero-order valence-corrected chi connectivity index (χ0v) is 9.48. The van der Waals surface area contributed by atoms with Crippen molar-refractivity contribution < 1.29 is 49.9 Å². The minimum atomic E-state index is 0. The van der Waals surface area contributed by atoms with E-state index in [2.05, 4.69) is 0 Å². The standard InChI is InChI=1S/C2H6O.2Ta/c1-2-3;;/h3H,2H2,1H3;;. The first kappa shape index (κ1) is 16.1. The van der Waals surface area contributed by atoms with Gasteiger partial charge < -0.3 is 5.11 Å². The van der Waals surface area contributed by atoms with Gasteiger partial charge in [-0.25, -0.2) is 0 Å². The Morgan fingerprint density at radius 3 is 1.40 bits per heavy atom. The Balaban J connectivity index is -0.0000000200. The normalized spacial score (nSPS) is 3.60. The van der Waals surface area contributed by atoms with Crippen molar-refractivity contribution in [2.24, 2.45) is 0 Å². The molecule has 0 spiro atoms. The molecule has 5 heavy (non-hydrogen) atoms. The Labute approximate surface area is 63.2 Å². The molecule has 0 rings (SSSR count). The molecule has 0 aromatic rings. The van der Waals surface area contributed by atoms with Crippen LogP contribution in [0.25, 0.3) is 0 Å². The average molecular weight is 408 g/mol. The molecular formula is C2H6OTa2. The van der Waals surface area contributed by atoms with Crippen LogP contribution in [0.5, 0.6) is 0 Å². The van der Waals surface area contributed by atoms with Gasteiger partial charge in [0.2, 0.25) is 0 Å². The van der Waals surface area contributed by atoms with Gasteiger partial charge in [0.25, 0.3) is 0 Å². The van der Waals surface area contributed by atoms with E-state index in [9.17, 15) is 0 Å². The van der Waals surface area contributed by atoms with E-state index in [1.807, 2.05) is 0 Å². The fourth-order valence-corrected chi connectivity index (χ4v) is 0. The third-order valence-electron chi connectivity index (χ3n) is 0. The molecule has 1 N–H and O–H groups in total. The summed E-state index contributed by atoms with van der Waals surface area (Å²) in [6, 6.07) is 0. The minimum Gasteiger partial charge on any atom is -0.397 e. The van der Waals surface area contributed by atoms with Crippen molar-refractivity contribution in [2.75, 3.05) is 6.61 Å². The third-order valence-corrected chi connectivity index (χ3v) is 0. The second-order valence-corrected chi connectivity index (χ2v) is 0.316. The average Bonchev–Trinajstić information content (AvgIpc) is 0.918. The van der Waals surface area contributed by atoms with Crippen molar-refractivity contribution in [3.63, 3.8) is 0 Å². The van der Waals surface area contributed by atoms with Gasteiger partial charge in [0.15, 0.2) is 0 Å². The van der Waals surface area contributed by atoms with Gasteiger partial charge in [0, 0.05) is 51.4 Å². The Bertz CT molecular complexity index is 7.61. The predicted octanol–water partition coefficient (Wildman–Crippen LogP) is -0.00640. The van der Waals surface area contributed by atoms with Gasteiger partial charge in [0.05, 0.1) is 0 Å². The van der Waals surface area contributed by atoms with E-state index in [4.69, 9.17) is 5.11 Å². The molecule has 2 radical (unpaired) electrons. The summed E-state index contributed by atoms with van der Waals surface area (Å²) in [6.45, 7) is 1.93. The van der Waals surface area contributed by atoms with Gasteiger partial charge in [-0.15, -0.1) is 0 Å². The van der Waals surface area contributed by atoms with Crippen molar-refractivity contribution >= 4 is 0 Å². The van der Waals surface area contributed by atoms with Crippen LogP contribution in [0.15, 0.2) is 0 Å². The molecule has 0 aromatic carbocycles. The molecule has 0 saturated carbocycles. The second-order valence-electron chi connectivity index (χ2n) is 0.316. The first-order valence-corrected chi connectivity index (χ1v) is 1.02. The maximum atomic E-state index is 7.57. The molecule has 30 valence electrons. The summed E-state index contributed by atoms with van der Waals surface area (Å²) < 4.78 is 0. The SMILES string of the molecule is CCO.[Ta].[Ta]. The molecule has 1 nitrogen and oxygen atoms in total. The predicted molar refractivity (Wildman–Crippen MR) is 12.8 cm³/mol. The van der Waals surface area contributed by atoms with Gasteiger partial charge in [-0.05, 0) is 6.92 Å². The molecule has 0 unspecified atom stereocenters. The molecular weight excluding hydrogens is 402 g/mol.